The van der Waals surface area contributed by atoms with Gasteiger partial charge < -0.3 is 14.1 Å². The molecule has 0 spiro atoms. The van der Waals surface area contributed by atoms with Crippen LogP contribution < -0.4 is 4.74 Å². The summed E-state index contributed by atoms with van der Waals surface area (Å²) in [7, 11) is 0. The van der Waals surface area contributed by atoms with Crippen molar-refractivity contribution < 1.29 is 13.9 Å². The summed E-state index contributed by atoms with van der Waals surface area (Å²) in [5.74, 6) is 2.26. The molecule has 1 saturated heterocycles. The highest BCUT2D eigenvalue weighted by Crippen LogP contribution is 2.31. The van der Waals surface area contributed by atoms with Crippen LogP contribution in [-0.2, 0) is 24.2 Å². The minimum Gasteiger partial charge on any atom is -0.493 e. The fourth-order valence-corrected chi connectivity index (χ4v) is 4.87. The Morgan fingerprint density at radius 2 is 1.91 bits per heavy atom. The topological polar surface area (TPSA) is 58.8 Å². The minimum atomic E-state index is 0.133. The first kappa shape index (κ1) is 22.3. The molecule has 0 N–H and O–H groups in total. The van der Waals surface area contributed by atoms with Gasteiger partial charge in [0, 0.05) is 62.6 Å². The number of ether oxygens (including phenoxy) is 1. The first-order valence-corrected chi connectivity index (χ1v) is 12.0. The summed E-state index contributed by atoms with van der Waals surface area (Å²) >= 11 is 12.2. The molecule has 1 aromatic heterocycles. The van der Waals surface area contributed by atoms with Crippen LogP contribution in [0, 0.1) is 0 Å². The Kier molecular flexibility index (Phi) is 6.58. The SMILES string of the molecule is O=C(CCc1ncc(-c2ccc(Cl)cc2Cl)o1)N1CCN(Cc2ccc3c(c2)CCO3)CC1. The molecule has 33 heavy (non-hydrogen) atoms. The number of fused-ring (bicyclic) bond motifs is 1. The molecule has 6 nitrogen and oxygen atoms in total. The van der Waals surface area contributed by atoms with Gasteiger partial charge in [-0.1, -0.05) is 35.3 Å². The number of aromatic nitrogens is 1. The summed E-state index contributed by atoms with van der Waals surface area (Å²) in [6.45, 7) is 4.91. The molecular weight excluding hydrogens is 461 g/mol. The number of nitrogens with zero attached hydrogens (tertiary/aromatic N) is 3. The van der Waals surface area contributed by atoms with Gasteiger partial charge in [-0.05, 0) is 35.4 Å². The zero-order chi connectivity index (χ0) is 22.8. The fraction of sp³-hybridized carbons (Fsp3) is 0.360. The van der Waals surface area contributed by atoms with E-state index in [4.69, 9.17) is 32.4 Å². The van der Waals surface area contributed by atoms with E-state index in [1.54, 1.807) is 24.4 Å². The van der Waals surface area contributed by atoms with Crippen molar-refractivity contribution in [3.8, 4) is 17.1 Å². The van der Waals surface area contributed by atoms with Crippen LogP contribution in [0.15, 0.2) is 47.0 Å². The van der Waals surface area contributed by atoms with Crippen molar-refractivity contribution in [3.63, 3.8) is 0 Å². The average Bonchev–Trinajstić information content (AvgIpc) is 3.47. The third-order valence-electron chi connectivity index (χ3n) is 6.19. The number of piperazine rings is 1. The molecule has 2 aliphatic rings. The summed E-state index contributed by atoms with van der Waals surface area (Å²) in [4.78, 5) is 21.4. The Hall–Kier alpha value is -2.54. The Morgan fingerprint density at radius 1 is 1.06 bits per heavy atom. The first-order valence-electron chi connectivity index (χ1n) is 11.2. The van der Waals surface area contributed by atoms with Crippen molar-refractivity contribution >= 4 is 29.1 Å². The number of benzene rings is 2. The van der Waals surface area contributed by atoms with Crippen LogP contribution in [0.3, 0.4) is 0 Å². The second-order valence-corrected chi connectivity index (χ2v) is 9.28. The fourth-order valence-electron chi connectivity index (χ4n) is 4.36. The maximum Gasteiger partial charge on any atom is 0.223 e. The van der Waals surface area contributed by atoms with Gasteiger partial charge in [-0.15, -0.1) is 0 Å². The molecular formula is C25H25Cl2N3O3. The normalized spacial score (nSPS) is 16.0. The summed E-state index contributed by atoms with van der Waals surface area (Å²) in [6.07, 6.45) is 3.46. The van der Waals surface area contributed by atoms with E-state index in [-0.39, 0.29) is 5.91 Å². The average molecular weight is 486 g/mol. The predicted octanol–water partition coefficient (Wildman–Crippen LogP) is 4.86. The van der Waals surface area contributed by atoms with Gasteiger partial charge in [0.15, 0.2) is 11.7 Å². The number of hydrogen-bond acceptors (Lipinski definition) is 5. The van der Waals surface area contributed by atoms with Crippen LogP contribution in [0.25, 0.3) is 11.3 Å². The Morgan fingerprint density at radius 3 is 2.73 bits per heavy atom. The van der Waals surface area contributed by atoms with Crippen molar-refractivity contribution in [1.82, 2.24) is 14.8 Å². The Labute approximate surface area is 203 Å². The quantitative estimate of drug-likeness (QED) is 0.498. The van der Waals surface area contributed by atoms with E-state index in [2.05, 4.69) is 28.1 Å². The molecule has 0 unspecified atom stereocenters. The van der Waals surface area contributed by atoms with Gasteiger partial charge in [-0.25, -0.2) is 4.98 Å². The standard InChI is InChI=1S/C25H25Cl2N3O3/c26-19-2-3-20(21(27)14-19)23-15-28-24(33-23)5-6-25(31)30-10-8-29(9-11-30)16-17-1-4-22-18(13-17)7-12-32-22/h1-4,13-15H,5-12,16H2. The van der Waals surface area contributed by atoms with Crippen molar-refractivity contribution in [3.05, 3.63) is 69.7 Å². The second kappa shape index (κ2) is 9.75. The van der Waals surface area contributed by atoms with E-state index >= 15 is 0 Å². The maximum atomic E-state index is 12.7. The van der Waals surface area contributed by atoms with Gasteiger partial charge in [-0.2, -0.15) is 0 Å². The summed E-state index contributed by atoms with van der Waals surface area (Å²) < 4.78 is 11.4. The molecule has 0 saturated carbocycles. The van der Waals surface area contributed by atoms with Gasteiger partial charge in [0.2, 0.25) is 5.91 Å². The molecule has 2 aromatic carbocycles. The number of aryl methyl sites for hydroxylation is 1. The zero-order valence-corrected chi connectivity index (χ0v) is 19.7. The van der Waals surface area contributed by atoms with Crippen molar-refractivity contribution in [2.75, 3.05) is 32.8 Å². The third-order valence-corrected chi connectivity index (χ3v) is 6.74. The van der Waals surface area contributed by atoms with Gasteiger partial charge in [-0.3, -0.25) is 9.69 Å². The van der Waals surface area contributed by atoms with Crippen molar-refractivity contribution in [1.29, 1.82) is 0 Å². The summed E-state index contributed by atoms with van der Waals surface area (Å²) in [5, 5.41) is 1.07. The van der Waals surface area contributed by atoms with Crippen LogP contribution >= 0.6 is 23.2 Å². The van der Waals surface area contributed by atoms with E-state index < -0.39 is 0 Å². The van der Waals surface area contributed by atoms with Crippen molar-refractivity contribution in [2.45, 2.75) is 25.8 Å². The van der Waals surface area contributed by atoms with Crippen molar-refractivity contribution in [2.24, 2.45) is 0 Å². The highest BCUT2D eigenvalue weighted by atomic mass is 35.5. The molecule has 1 amide bonds. The molecule has 5 rings (SSSR count). The molecule has 0 aliphatic carbocycles. The van der Waals surface area contributed by atoms with Crippen LogP contribution in [0.5, 0.6) is 5.75 Å². The molecule has 0 atom stereocenters. The van der Waals surface area contributed by atoms with Gasteiger partial charge in [0.25, 0.3) is 0 Å². The molecule has 0 radical (unpaired) electrons. The first-order chi connectivity index (χ1) is 16.0. The number of amides is 1. The molecule has 3 heterocycles. The van der Waals surface area contributed by atoms with E-state index in [1.165, 1.54) is 11.1 Å². The number of halogens is 2. The molecule has 8 heteroatoms. The monoisotopic (exact) mass is 485 g/mol. The Bertz CT molecular complexity index is 1160. The lowest BCUT2D eigenvalue weighted by Gasteiger charge is -2.34. The minimum absolute atomic E-state index is 0.133. The molecule has 0 bridgehead atoms. The number of carbonyl (C=O) groups excluding carboxylic acids is 1. The highest BCUT2D eigenvalue weighted by molar-refractivity contribution is 6.36. The van der Waals surface area contributed by atoms with Crippen LogP contribution in [-0.4, -0.2) is 53.5 Å². The molecule has 1 fully saturated rings. The number of hydrogen-bond donors (Lipinski definition) is 0. The highest BCUT2D eigenvalue weighted by Gasteiger charge is 2.22. The smallest absolute Gasteiger partial charge is 0.223 e. The predicted molar refractivity (Wildman–Crippen MR) is 128 cm³/mol. The van der Waals surface area contributed by atoms with E-state index in [0.717, 1.165) is 57.1 Å². The van der Waals surface area contributed by atoms with Crippen LogP contribution in [0.1, 0.15) is 23.4 Å². The number of rotatable bonds is 6. The van der Waals surface area contributed by atoms with Gasteiger partial charge >= 0.3 is 0 Å². The number of carbonyl (C=O) groups is 1. The third kappa shape index (κ3) is 5.18. The summed E-state index contributed by atoms with van der Waals surface area (Å²) in [5.41, 5.74) is 3.34. The summed E-state index contributed by atoms with van der Waals surface area (Å²) in [6, 6.07) is 11.7. The molecule has 3 aromatic rings. The van der Waals surface area contributed by atoms with Gasteiger partial charge in [0.1, 0.15) is 5.75 Å². The molecule has 2 aliphatic heterocycles. The van der Waals surface area contributed by atoms with E-state index in [1.807, 2.05) is 4.90 Å². The lowest BCUT2D eigenvalue weighted by molar-refractivity contribution is -0.133. The van der Waals surface area contributed by atoms with E-state index in [9.17, 15) is 4.79 Å². The van der Waals surface area contributed by atoms with Crippen LogP contribution in [0.2, 0.25) is 10.0 Å². The second-order valence-electron chi connectivity index (χ2n) is 8.44. The molecule has 172 valence electrons. The Balaban J connectivity index is 1.10. The lowest BCUT2D eigenvalue weighted by atomic mass is 10.1. The van der Waals surface area contributed by atoms with Gasteiger partial charge in [0.05, 0.1) is 17.8 Å². The lowest BCUT2D eigenvalue weighted by Crippen LogP contribution is -2.48. The maximum absolute atomic E-state index is 12.7. The number of oxazole rings is 1. The van der Waals surface area contributed by atoms with E-state index in [0.29, 0.717) is 34.5 Å². The zero-order valence-electron chi connectivity index (χ0n) is 18.2. The largest absolute Gasteiger partial charge is 0.493 e. The van der Waals surface area contributed by atoms with Crippen LogP contribution in [0.4, 0.5) is 0 Å².